The topological polar surface area (TPSA) is 69.6 Å². The maximum Gasteiger partial charge on any atom is 0.187 e. The van der Waals surface area contributed by atoms with Crippen LogP contribution in [0.2, 0.25) is 5.02 Å². The molecule has 0 radical (unpaired) electrons. The van der Waals surface area contributed by atoms with Gasteiger partial charge in [0.25, 0.3) is 0 Å². The molecular weight excluding hydrogens is 342 g/mol. The summed E-state index contributed by atoms with van der Waals surface area (Å²) in [4.78, 5) is 0. The van der Waals surface area contributed by atoms with Crippen molar-refractivity contribution in [2.24, 2.45) is 0 Å². The third kappa shape index (κ3) is 2.39. The second-order valence-electron chi connectivity index (χ2n) is 4.13. The molecule has 3 rings (SSSR count). The number of aromatic nitrogens is 4. The number of hydrogen-bond donors (Lipinski definition) is 1. The van der Waals surface area contributed by atoms with E-state index in [-0.39, 0.29) is 0 Å². The van der Waals surface area contributed by atoms with Crippen LogP contribution in [0.4, 0.5) is 5.69 Å². The Morgan fingerprint density at radius 3 is 2.75 bits per heavy atom. The average Bonchev–Trinajstić information content (AvgIpc) is 2.91. The predicted octanol–water partition coefficient (Wildman–Crippen LogP) is 3.33. The molecule has 0 atom stereocenters. The summed E-state index contributed by atoms with van der Waals surface area (Å²) < 4.78 is 2.60. The van der Waals surface area contributed by atoms with E-state index in [1.54, 1.807) is 16.8 Å². The largest absolute Gasteiger partial charge is 0.398 e. The number of tetrazole rings is 1. The third-order valence-electron chi connectivity index (χ3n) is 2.78. The Kier molecular flexibility index (Phi) is 3.42. The van der Waals surface area contributed by atoms with E-state index in [2.05, 4.69) is 31.5 Å². The Hall–Kier alpha value is -1.92. The molecule has 0 saturated carbocycles. The van der Waals surface area contributed by atoms with Gasteiger partial charge >= 0.3 is 0 Å². The summed E-state index contributed by atoms with van der Waals surface area (Å²) in [5.74, 6) is 0.602. The molecule has 3 aromatic rings. The van der Waals surface area contributed by atoms with E-state index in [9.17, 15) is 0 Å². The zero-order valence-electron chi connectivity index (χ0n) is 10.2. The SMILES string of the molecule is Nc1ccc(-c2nnnn2-c2cccc(Br)c2)cc1Cl. The number of halogens is 2. The van der Waals surface area contributed by atoms with Crippen LogP contribution < -0.4 is 5.73 Å². The van der Waals surface area contributed by atoms with Crippen molar-refractivity contribution in [2.75, 3.05) is 5.73 Å². The molecule has 0 aliphatic rings. The summed E-state index contributed by atoms with van der Waals surface area (Å²) in [6.45, 7) is 0. The Morgan fingerprint density at radius 1 is 1.15 bits per heavy atom. The van der Waals surface area contributed by atoms with Crippen molar-refractivity contribution in [3.05, 3.63) is 52.0 Å². The summed E-state index contributed by atoms with van der Waals surface area (Å²) in [5, 5.41) is 12.3. The zero-order chi connectivity index (χ0) is 14.1. The molecule has 0 aliphatic carbocycles. The molecule has 7 heteroatoms. The monoisotopic (exact) mass is 349 g/mol. The Labute approximate surface area is 128 Å². The molecule has 0 bridgehead atoms. The van der Waals surface area contributed by atoms with Crippen LogP contribution in [0.5, 0.6) is 0 Å². The van der Waals surface area contributed by atoms with E-state index in [4.69, 9.17) is 17.3 Å². The number of nitrogens with zero attached hydrogens (tertiary/aromatic N) is 4. The standard InChI is InChI=1S/C13H9BrClN5/c14-9-2-1-3-10(7-9)20-13(17-18-19-20)8-4-5-12(16)11(15)6-8/h1-7H,16H2. The van der Waals surface area contributed by atoms with Gasteiger partial charge in [0.05, 0.1) is 16.4 Å². The van der Waals surface area contributed by atoms with Crippen molar-refractivity contribution in [3.63, 3.8) is 0 Å². The van der Waals surface area contributed by atoms with E-state index in [1.807, 2.05) is 30.3 Å². The molecule has 0 aliphatic heterocycles. The van der Waals surface area contributed by atoms with Crippen LogP contribution >= 0.6 is 27.5 Å². The number of benzene rings is 2. The second kappa shape index (κ2) is 5.22. The molecule has 2 N–H and O–H groups in total. The van der Waals surface area contributed by atoms with E-state index in [1.165, 1.54) is 0 Å². The highest BCUT2D eigenvalue weighted by molar-refractivity contribution is 9.10. The van der Waals surface area contributed by atoms with Crippen molar-refractivity contribution in [2.45, 2.75) is 0 Å². The highest BCUT2D eigenvalue weighted by Gasteiger charge is 2.12. The van der Waals surface area contributed by atoms with Crippen LogP contribution in [-0.2, 0) is 0 Å². The fourth-order valence-corrected chi connectivity index (χ4v) is 2.38. The fourth-order valence-electron chi connectivity index (χ4n) is 1.82. The minimum atomic E-state index is 0.478. The van der Waals surface area contributed by atoms with Gasteiger partial charge in [0.1, 0.15) is 0 Å². The van der Waals surface area contributed by atoms with Gasteiger partial charge in [0.15, 0.2) is 5.82 Å². The Morgan fingerprint density at radius 2 is 2.00 bits per heavy atom. The van der Waals surface area contributed by atoms with Crippen molar-refractivity contribution < 1.29 is 0 Å². The highest BCUT2D eigenvalue weighted by atomic mass is 79.9. The number of hydrogen-bond acceptors (Lipinski definition) is 4. The molecule has 0 saturated heterocycles. The summed E-state index contributed by atoms with van der Waals surface area (Å²) in [5.41, 5.74) is 7.89. The van der Waals surface area contributed by atoms with Gasteiger partial charge in [0, 0.05) is 10.0 Å². The summed E-state index contributed by atoms with van der Waals surface area (Å²) in [6, 6.07) is 13.0. The quantitative estimate of drug-likeness (QED) is 0.720. The minimum absolute atomic E-state index is 0.478. The molecule has 100 valence electrons. The number of nitrogen functional groups attached to an aromatic ring is 1. The van der Waals surface area contributed by atoms with E-state index < -0.39 is 0 Å². The van der Waals surface area contributed by atoms with Gasteiger partial charge in [0.2, 0.25) is 0 Å². The van der Waals surface area contributed by atoms with Crippen LogP contribution in [0.3, 0.4) is 0 Å². The summed E-state index contributed by atoms with van der Waals surface area (Å²) in [6.07, 6.45) is 0. The van der Waals surface area contributed by atoms with Crippen LogP contribution in [-0.4, -0.2) is 20.2 Å². The molecule has 1 aromatic heterocycles. The van der Waals surface area contributed by atoms with Gasteiger partial charge in [-0.25, -0.2) is 0 Å². The lowest BCUT2D eigenvalue weighted by molar-refractivity contribution is 0.791. The third-order valence-corrected chi connectivity index (χ3v) is 3.60. The maximum absolute atomic E-state index is 6.04. The van der Waals surface area contributed by atoms with Crippen molar-refractivity contribution in [1.82, 2.24) is 20.2 Å². The van der Waals surface area contributed by atoms with Gasteiger partial charge in [-0.05, 0) is 46.8 Å². The van der Waals surface area contributed by atoms with Crippen LogP contribution in [0.25, 0.3) is 17.1 Å². The molecule has 0 amide bonds. The number of nitrogens with two attached hydrogens (primary N) is 1. The smallest absolute Gasteiger partial charge is 0.187 e. The van der Waals surface area contributed by atoms with Crippen molar-refractivity contribution >= 4 is 33.2 Å². The van der Waals surface area contributed by atoms with Gasteiger partial charge < -0.3 is 5.73 Å². The highest BCUT2D eigenvalue weighted by Crippen LogP contribution is 2.27. The molecular formula is C13H9BrClN5. The first kappa shape index (κ1) is 13.1. The van der Waals surface area contributed by atoms with Gasteiger partial charge in [-0.1, -0.05) is 33.6 Å². The number of anilines is 1. The van der Waals surface area contributed by atoms with E-state index in [0.29, 0.717) is 16.5 Å². The minimum Gasteiger partial charge on any atom is -0.398 e. The van der Waals surface area contributed by atoms with Crippen molar-refractivity contribution in [1.29, 1.82) is 0 Å². The average molecular weight is 351 g/mol. The number of rotatable bonds is 2. The normalized spacial score (nSPS) is 10.7. The van der Waals surface area contributed by atoms with Crippen LogP contribution in [0.1, 0.15) is 0 Å². The lowest BCUT2D eigenvalue weighted by atomic mass is 10.2. The second-order valence-corrected chi connectivity index (χ2v) is 5.45. The first-order valence-electron chi connectivity index (χ1n) is 5.75. The van der Waals surface area contributed by atoms with E-state index in [0.717, 1.165) is 15.7 Å². The molecule has 0 fully saturated rings. The first-order chi connectivity index (χ1) is 9.65. The van der Waals surface area contributed by atoms with Gasteiger partial charge in [-0.2, -0.15) is 4.68 Å². The zero-order valence-corrected chi connectivity index (χ0v) is 12.5. The molecule has 1 heterocycles. The lowest BCUT2D eigenvalue weighted by Gasteiger charge is -2.06. The molecule has 2 aromatic carbocycles. The van der Waals surface area contributed by atoms with Gasteiger partial charge in [-0.3, -0.25) is 0 Å². The Balaban J connectivity index is 2.12. The van der Waals surface area contributed by atoms with Gasteiger partial charge in [-0.15, -0.1) is 5.10 Å². The van der Waals surface area contributed by atoms with Crippen LogP contribution in [0.15, 0.2) is 46.9 Å². The maximum atomic E-state index is 6.04. The van der Waals surface area contributed by atoms with Crippen molar-refractivity contribution in [3.8, 4) is 17.1 Å². The van der Waals surface area contributed by atoms with Crippen LogP contribution in [0, 0.1) is 0 Å². The Bertz CT molecular complexity index is 771. The molecule has 5 nitrogen and oxygen atoms in total. The summed E-state index contributed by atoms with van der Waals surface area (Å²) >= 11 is 9.47. The summed E-state index contributed by atoms with van der Waals surface area (Å²) in [7, 11) is 0. The van der Waals surface area contributed by atoms with E-state index >= 15 is 0 Å². The lowest BCUT2D eigenvalue weighted by Crippen LogP contribution is -2.00. The molecule has 20 heavy (non-hydrogen) atoms. The fraction of sp³-hybridized carbons (Fsp3) is 0. The predicted molar refractivity (Wildman–Crippen MR) is 81.7 cm³/mol. The molecule has 0 unspecified atom stereocenters. The molecule has 0 spiro atoms. The first-order valence-corrected chi connectivity index (χ1v) is 6.92.